The molecule has 4 nitrogen and oxygen atoms in total. The number of allylic oxidation sites excluding steroid dienone is 3. The van der Waals surface area contributed by atoms with Gasteiger partial charge in [0.1, 0.15) is 0 Å². The molecule has 0 spiro atoms. The predicted molar refractivity (Wildman–Crippen MR) is 137 cm³/mol. The Kier molecular flexibility index (Phi) is 6.39. The molecule has 1 unspecified atom stereocenters. The molecule has 0 saturated heterocycles. The quantitative estimate of drug-likeness (QED) is 0.439. The number of hydrogen-bond donors (Lipinski definition) is 0. The molecule has 5 heteroatoms. The van der Waals surface area contributed by atoms with E-state index in [1.807, 2.05) is 28.2 Å². The average Bonchev–Trinajstić information content (AvgIpc) is 3.11. The number of rotatable bonds is 5. The van der Waals surface area contributed by atoms with Crippen LogP contribution in [0.5, 0.6) is 0 Å². The summed E-state index contributed by atoms with van der Waals surface area (Å²) in [6.45, 7) is 15.0. The third kappa shape index (κ3) is 4.09. The summed E-state index contributed by atoms with van der Waals surface area (Å²) in [6.07, 6.45) is 8.14. The van der Waals surface area contributed by atoms with Gasteiger partial charge in [0.2, 0.25) is 0 Å². The van der Waals surface area contributed by atoms with Crippen LogP contribution in [0.1, 0.15) is 72.9 Å². The summed E-state index contributed by atoms with van der Waals surface area (Å²) in [6, 6.07) is 10.7. The second-order valence-corrected chi connectivity index (χ2v) is 11.9. The molecule has 2 heterocycles. The molecule has 0 saturated carbocycles. The molecule has 33 heavy (non-hydrogen) atoms. The van der Waals surface area contributed by atoms with Gasteiger partial charge >= 0.3 is 202 Å². The van der Waals surface area contributed by atoms with Crippen molar-refractivity contribution in [1.82, 2.24) is 4.90 Å². The normalized spacial score (nSPS) is 17.8. The number of fused-ring (bicyclic) bond motifs is 1. The molecular weight excluding hydrogens is 475 g/mol. The van der Waals surface area contributed by atoms with Crippen molar-refractivity contribution >= 4 is 25.1 Å². The third-order valence-electron chi connectivity index (χ3n) is 6.52. The Balaban J connectivity index is 1.93. The molecule has 0 N–H and O–H groups in total. The van der Waals surface area contributed by atoms with Crippen LogP contribution in [0, 0.1) is 20.8 Å². The fourth-order valence-corrected chi connectivity index (χ4v) is 6.98. The molecule has 2 aromatic rings. The molecule has 2 aliphatic rings. The number of hydrogen-bond acceptors (Lipinski definition) is 4. The number of benzene rings is 2. The van der Waals surface area contributed by atoms with E-state index in [0.717, 1.165) is 33.8 Å². The molecule has 2 aliphatic heterocycles. The summed E-state index contributed by atoms with van der Waals surface area (Å²) in [5.41, 5.74) is 9.88. The summed E-state index contributed by atoms with van der Waals surface area (Å²) in [5.74, 6) is 0.648. The van der Waals surface area contributed by atoms with E-state index in [2.05, 4.69) is 84.9 Å². The maximum absolute atomic E-state index is 12.9. The van der Waals surface area contributed by atoms with Crippen molar-refractivity contribution in [3.05, 3.63) is 93.8 Å². The van der Waals surface area contributed by atoms with Crippen molar-refractivity contribution in [2.24, 2.45) is 0 Å². The summed E-state index contributed by atoms with van der Waals surface area (Å²) < 4.78 is 25.8. The molecule has 0 radical (unpaired) electrons. The molecule has 4 rings (SSSR count). The number of aryl methyl sites for hydroxylation is 3. The van der Waals surface area contributed by atoms with Gasteiger partial charge in [0.15, 0.2) is 0 Å². The van der Waals surface area contributed by atoms with Crippen LogP contribution in [-0.4, -0.2) is 23.7 Å². The topological polar surface area (TPSA) is 40.6 Å². The van der Waals surface area contributed by atoms with Crippen LogP contribution in [-0.2, 0) is 7.67 Å². The van der Waals surface area contributed by atoms with Crippen LogP contribution >= 0.6 is 0 Å². The Hall–Kier alpha value is -2.62. The number of nitrogens with zero attached hydrogens (tertiary/aromatic N) is 2. The molecule has 0 aromatic heterocycles. The van der Waals surface area contributed by atoms with Crippen molar-refractivity contribution in [2.75, 3.05) is 4.90 Å². The van der Waals surface area contributed by atoms with E-state index in [9.17, 15) is 7.67 Å². The van der Waals surface area contributed by atoms with Crippen molar-refractivity contribution in [3.8, 4) is 0 Å². The summed E-state index contributed by atoms with van der Waals surface area (Å²) in [7, 11) is 0. The molecule has 0 amide bonds. The maximum atomic E-state index is 12.9. The van der Waals surface area contributed by atoms with Crippen LogP contribution in [0.2, 0.25) is 0 Å². The fourth-order valence-electron chi connectivity index (χ4n) is 5.24. The first-order chi connectivity index (χ1) is 15.6. The Bertz CT molecular complexity index is 1210. The van der Waals surface area contributed by atoms with Gasteiger partial charge in [-0.15, -0.1) is 0 Å². The Labute approximate surface area is 201 Å². The molecule has 174 valence electrons. The molecule has 2 aromatic carbocycles. The zero-order valence-corrected chi connectivity index (χ0v) is 22.5. The zero-order chi connectivity index (χ0) is 24.0. The Morgan fingerprint density at radius 1 is 0.909 bits per heavy atom. The van der Waals surface area contributed by atoms with Gasteiger partial charge in [-0.1, -0.05) is 0 Å². The Morgan fingerprint density at radius 3 is 2.00 bits per heavy atom. The van der Waals surface area contributed by atoms with Crippen LogP contribution in [0.25, 0.3) is 5.70 Å². The third-order valence-corrected chi connectivity index (χ3v) is 8.32. The van der Waals surface area contributed by atoms with E-state index in [-0.39, 0.29) is 0 Å². The SMILES string of the molecule is Cc1cc(C)c(N2C=C3C=CC=C(c4c(C(C)C)cccc4C(C)C)N3C2[SeH](=O)=O)c(C)c1. The first-order valence-corrected chi connectivity index (χ1v) is 14.3. The van der Waals surface area contributed by atoms with E-state index in [0.29, 0.717) is 11.8 Å². The average molecular weight is 510 g/mol. The van der Waals surface area contributed by atoms with Crippen LogP contribution in [0.15, 0.2) is 60.5 Å². The van der Waals surface area contributed by atoms with E-state index in [1.165, 1.54) is 16.7 Å². The van der Waals surface area contributed by atoms with Gasteiger partial charge < -0.3 is 0 Å². The van der Waals surface area contributed by atoms with Crippen molar-refractivity contribution in [3.63, 3.8) is 0 Å². The standard InChI is InChI=1S/C28H34N2O2Se/c1-17(2)23-11-9-12-24(18(3)4)26(23)25-13-8-10-22-16-29(28(30(22)25)33(31)32)27-20(6)14-19(5)15-21(27)7/h8-18,28,33H,1-7H3. The van der Waals surface area contributed by atoms with Crippen molar-refractivity contribution in [1.29, 1.82) is 0 Å². The van der Waals surface area contributed by atoms with E-state index < -0.39 is 18.8 Å². The van der Waals surface area contributed by atoms with Gasteiger partial charge in [-0.3, -0.25) is 0 Å². The summed E-state index contributed by atoms with van der Waals surface area (Å²) in [5, 5.41) is -0.732. The van der Waals surface area contributed by atoms with E-state index >= 15 is 0 Å². The molecule has 1 atom stereocenters. The second kappa shape index (κ2) is 8.96. The minimum absolute atomic E-state index is 0.324. The molecular formula is C28H34N2O2Se. The van der Waals surface area contributed by atoms with E-state index in [1.54, 1.807) is 0 Å². The van der Waals surface area contributed by atoms with Crippen LogP contribution < -0.4 is 4.90 Å². The summed E-state index contributed by atoms with van der Waals surface area (Å²) >= 11 is -3.69. The second-order valence-electron chi connectivity index (χ2n) is 9.74. The van der Waals surface area contributed by atoms with Gasteiger partial charge in [-0.25, -0.2) is 0 Å². The first-order valence-electron chi connectivity index (χ1n) is 11.6. The van der Waals surface area contributed by atoms with Gasteiger partial charge in [0, 0.05) is 0 Å². The zero-order valence-electron chi connectivity index (χ0n) is 20.6. The van der Waals surface area contributed by atoms with Gasteiger partial charge in [0.25, 0.3) is 0 Å². The molecule has 0 fully saturated rings. The first kappa shape index (κ1) is 23.5. The van der Waals surface area contributed by atoms with Crippen LogP contribution in [0.3, 0.4) is 0 Å². The van der Waals surface area contributed by atoms with E-state index in [4.69, 9.17) is 0 Å². The number of anilines is 1. The van der Waals surface area contributed by atoms with Gasteiger partial charge in [-0.2, -0.15) is 0 Å². The van der Waals surface area contributed by atoms with Gasteiger partial charge in [-0.05, 0) is 0 Å². The van der Waals surface area contributed by atoms with Crippen LogP contribution in [0.4, 0.5) is 5.69 Å². The predicted octanol–water partition coefficient (Wildman–Crippen LogP) is 6.38. The van der Waals surface area contributed by atoms with Gasteiger partial charge in [0.05, 0.1) is 0 Å². The molecule has 0 aliphatic carbocycles. The fraction of sp³-hybridized carbons (Fsp3) is 0.357. The monoisotopic (exact) mass is 510 g/mol. The van der Waals surface area contributed by atoms with Crippen molar-refractivity contribution in [2.45, 2.75) is 65.4 Å². The van der Waals surface area contributed by atoms with Crippen molar-refractivity contribution < 1.29 is 7.67 Å². The Morgan fingerprint density at radius 2 is 1.48 bits per heavy atom. The minimum atomic E-state index is -3.69. The molecule has 0 bridgehead atoms. The summed E-state index contributed by atoms with van der Waals surface area (Å²) in [4.78, 5) is 4.00.